The Morgan fingerprint density at radius 3 is 2.71 bits per heavy atom. The highest BCUT2D eigenvalue weighted by Crippen LogP contribution is 2.58. The van der Waals surface area contributed by atoms with Gasteiger partial charge in [-0.3, -0.25) is 0 Å². The molecule has 4 rings (SSSR count). The topological polar surface area (TPSA) is 9.23 Å². The maximum Gasteiger partial charge on any atom is 0.146 e. The van der Waals surface area contributed by atoms with Crippen molar-refractivity contribution < 1.29 is 4.74 Å². The second-order valence-corrected chi connectivity index (χ2v) is 6.70. The summed E-state index contributed by atoms with van der Waals surface area (Å²) in [5, 5.41) is 4.59. The Kier molecular flexibility index (Phi) is 3.00. The van der Waals surface area contributed by atoms with Gasteiger partial charge < -0.3 is 4.74 Å². The van der Waals surface area contributed by atoms with Gasteiger partial charge in [-0.15, -0.1) is 11.3 Å². The number of thiophene rings is 1. The fraction of sp³-hybridized carbons (Fsp3) is 0.263. The van der Waals surface area contributed by atoms with Crippen molar-refractivity contribution >= 4 is 22.1 Å². The van der Waals surface area contributed by atoms with E-state index < -0.39 is 0 Å². The highest BCUT2D eigenvalue weighted by Gasteiger charge is 2.58. The number of benzene rings is 2. The lowest BCUT2D eigenvalue weighted by atomic mass is 10.1. The van der Waals surface area contributed by atoms with Gasteiger partial charge in [0.1, 0.15) is 11.4 Å². The van der Waals surface area contributed by atoms with Crippen LogP contribution in [0.25, 0.3) is 10.8 Å². The first-order chi connectivity index (χ1) is 10.3. The number of fused-ring (bicyclic) bond motifs is 1. The van der Waals surface area contributed by atoms with Gasteiger partial charge in [0.05, 0.1) is 0 Å². The average Bonchev–Trinajstić information content (AvgIpc) is 2.97. The number of hydrogen-bond acceptors (Lipinski definition) is 2. The zero-order chi connectivity index (χ0) is 14.3. The van der Waals surface area contributed by atoms with E-state index in [9.17, 15) is 0 Å². The molecule has 3 aromatic rings. The molecule has 1 unspecified atom stereocenters. The Balaban J connectivity index is 1.77. The summed E-state index contributed by atoms with van der Waals surface area (Å²) in [6.07, 6.45) is 2.30. The lowest BCUT2D eigenvalue weighted by Crippen LogP contribution is -2.17. The van der Waals surface area contributed by atoms with Crippen molar-refractivity contribution in [3.8, 4) is 5.75 Å². The van der Waals surface area contributed by atoms with Gasteiger partial charge in [-0.1, -0.05) is 49.4 Å². The molecule has 0 bridgehead atoms. The molecule has 1 aromatic heterocycles. The Morgan fingerprint density at radius 2 is 1.95 bits per heavy atom. The van der Waals surface area contributed by atoms with Crippen molar-refractivity contribution in [3.63, 3.8) is 0 Å². The summed E-state index contributed by atoms with van der Waals surface area (Å²) in [6.45, 7) is 2.26. The van der Waals surface area contributed by atoms with Crippen molar-refractivity contribution in [2.24, 2.45) is 5.92 Å². The minimum absolute atomic E-state index is 0.0902. The third-order valence-corrected chi connectivity index (χ3v) is 5.55. The first-order valence-corrected chi connectivity index (χ1v) is 8.42. The normalized spacial score (nSPS) is 24.1. The van der Waals surface area contributed by atoms with E-state index in [4.69, 9.17) is 4.74 Å². The van der Waals surface area contributed by atoms with Gasteiger partial charge >= 0.3 is 0 Å². The molecule has 0 spiro atoms. The number of rotatable bonds is 4. The lowest BCUT2D eigenvalue weighted by molar-refractivity contribution is 0.166. The van der Waals surface area contributed by atoms with Gasteiger partial charge in [-0.25, -0.2) is 0 Å². The Hall–Kier alpha value is -1.80. The van der Waals surface area contributed by atoms with Gasteiger partial charge in [0.2, 0.25) is 0 Å². The zero-order valence-electron chi connectivity index (χ0n) is 12.1. The minimum atomic E-state index is -0.0902. The SMILES string of the molecule is CC[C@H]1CC1(Oc1cccc2ccccc12)c1cccs1. The van der Waals surface area contributed by atoms with Crippen LogP contribution < -0.4 is 4.74 Å². The molecule has 1 aliphatic rings. The first-order valence-electron chi connectivity index (χ1n) is 7.54. The number of ether oxygens (including phenoxy) is 1. The molecule has 106 valence electrons. The molecule has 1 aliphatic carbocycles. The second-order valence-electron chi connectivity index (χ2n) is 5.76. The number of hydrogen-bond donors (Lipinski definition) is 0. The monoisotopic (exact) mass is 294 g/mol. The van der Waals surface area contributed by atoms with Crippen LogP contribution >= 0.6 is 11.3 Å². The van der Waals surface area contributed by atoms with Crippen molar-refractivity contribution in [1.29, 1.82) is 0 Å². The van der Waals surface area contributed by atoms with E-state index >= 15 is 0 Å². The molecule has 1 nitrogen and oxygen atoms in total. The third kappa shape index (κ3) is 2.06. The molecule has 1 saturated carbocycles. The Morgan fingerprint density at radius 1 is 1.10 bits per heavy atom. The standard InChI is InChI=1S/C19H18OS/c1-2-15-13-19(15,18-11-6-12-21-18)20-17-10-5-8-14-7-3-4-9-16(14)17/h3-12,15H,2,13H2,1H3/t15-,19?/m0/s1. The van der Waals surface area contributed by atoms with Crippen LogP contribution in [-0.4, -0.2) is 0 Å². The van der Waals surface area contributed by atoms with Gasteiger partial charge in [0, 0.05) is 16.2 Å². The summed E-state index contributed by atoms with van der Waals surface area (Å²) in [6, 6.07) is 19.1. The summed E-state index contributed by atoms with van der Waals surface area (Å²) < 4.78 is 6.58. The molecule has 2 aromatic carbocycles. The van der Waals surface area contributed by atoms with Gasteiger partial charge in [-0.05, 0) is 35.7 Å². The Labute approximate surface area is 129 Å². The van der Waals surface area contributed by atoms with E-state index in [1.54, 1.807) is 0 Å². The molecule has 0 amide bonds. The molecule has 1 fully saturated rings. The van der Waals surface area contributed by atoms with Crippen LogP contribution in [0.1, 0.15) is 24.6 Å². The summed E-state index contributed by atoms with van der Waals surface area (Å²) in [4.78, 5) is 1.36. The summed E-state index contributed by atoms with van der Waals surface area (Å²) in [5.41, 5.74) is -0.0902. The van der Waals surface area contributed by atoms with Crippen molar-refractivity contribution in [2.45, 2.75) is 25.4 Å². The highest BCUT2D eigenvalue weighted by molar-refractivity contribution is 7.10. The van der Waals surface area contributed by atoms with Crippen LogP contribution in [0.2, 0.25) is 0 Å². The molecule has 21 heavy (non-hydrogen) atoms. The first kappa shape index (κ1) is 12.9. The highest BCUT2D eigenvalue weighted by atomic mass is 32.1. The molecule has 2 heteroatoms. The second kappa shape index (κ2) is 4.88. The van der Waals surface area contributed by atoms with Crippen LogP contribution in [0.5, 0.6) is 5.75 Å². The molecular formula is C19H18OS. The van der Waals surface area contributed by atoms with Crippen molar-refractivity contribution in [2.75, 3.05) is 0 Å². The fourth-order valence-corrected chi connectivity index (χ4v) is 4.21. The Bertz CT molecular complexity index is 757. The predicted octanol–water partition coefficient (Wildman–Crippen LogP) is 5.61. The van der Waals surface area contributed by atoms with Gasteiger partial charge in [0.25, 0.3) is 0 Å². The van der Waals surface area contributed by atoms with E-state index in [-0.39, 0.29) is 5.60 Å². The average molecular weight is 294 g/mol. The molecule has 0 saturated heterocycles. The van der Waals surface area contributed by atoms with Crippen molar-refractivity contribution in [3.05, 3.63) is 64.9 Å². The van der Waals surface area contributed by atoms with Crippen LogP contribution in [-0.2, 0) is 5.60 Å². The van der Waals surface area contributed by atoms with E-state index in [1.165, 1.54) is 22.1 Å². The zero-order valence-corrected chi connectivity index (χ0v) is 12.9. The molecule has 0 N–H and O–H groups in total. The van der Waals surface area contributed by atoms with Gasteiger partial charge in [0.15, 0.2) is 0 Å². The molecular weight excluding hydrogens is 276 g/mol. The molecule has 0 aliphatic heterocycles. The van der Waals surface area contributed by atoms with Crippen LogP contribution in [0.15, 0.2) is 60.0 Å². The predicted molar refractivity (Wildman–Crippen MR) is 89.0 cm³/mol. The lowest BCUT2D eigenvalue weighted by Gasteiger charge is -2.20. The third-order valence-electron chi connectivity index (χ3n) is 4.52. The summed E-state index contributed by atoms with van der Waals surface area (Å²) in [5.74, 6) is 1.65. The fourth-order valence-electron chi connectivity index (χ4n) is 3.26. The van der Waals surface area contributed by atoms with E-state index in [0.717, 1.165) is 12.2 Å². The quantitative estimate of drug-likeness (QED) is 0.608. The smallest absolute Gasteiger partial charge is 0.146 e. The molecule has 2 atom stereocenters. The van der Waals surface area contributed by atoms with E-state index in [0.29, 0.717) is 5.92 Å². The van der Waals surface area contributed by atoms with Gasteiger partial charge in [-0.2, -0.15) is 0 Å². The van der Waals surface area contributed by atoms with Crippen LogP contribution in [0, 0.1) is 5.92 Å². The van der Waals surface area contributed by atoms with Crippen molar-refractivity contribution in [1.82, 2.24) is 0 Å². The maximum atomic E-state index is 6.58. The van der Waals surface area contributed by atoms with Crippen LogP contribution in [0.4, 0.5) is 0 Å². The summed E-state index contributed by atoms with van der Waals surface area (Å²) >= 11 is 1.81. The summed E-state index contributed by atoms with van der Waals surface area (Å²) in [7, 11) is 0. The van der Waals surface area contributed by atoms with E-state index in [2.05, 4.69) is 66.9 Å². The van der Waals surface area contributed by atoms with E-state index in [1.807, 2.05) is 11.3 Å². The van der Waals surface area contributed by atoms with Crippen LogP contribution in [0.3, 0.4) is 0 Å². The maximum absolute atomic E-state index is 6.58. The largest absolute Gasteiger partial charge is 0.481 e. The molecule has 1 heterocycles. The minimum Gasteiger partial charge on any atom is -0.481 e. The molecule has 0 radical (unpaired) electrons.